The largest absolute Gasteiger partial charge is 0.490 e. The molecule has 9 heteroatoms. The molecule has 2 aromatic rings. The lowest BCUT2D eigenvalue weighted by atomic mass is 10.00. The lowest BCUT2D eigenvalue weighted by Gasteiger charge is -2.41. The molecule has 30 heavy (non-hydrogen) atoms. The number of nitrogens with zero attached hydrogens (tertiary/aromatic N) is 3. The number of sulfonamides is 1. The number of piperidine rings is 2. The van der Waals surface area contributed by atoms with E-state index in [2.05, 4.69) is 9.88 Å². The van der Waals surface area contributed by atoms with Crippen LogP contribution in [0.4, 0.5) is 8.78 Å². The quantitative estimate of drug-likeness (QED) is 0.720. The third kappa shape index (κ3) is 4.63. The molecule has 0 amide bonds. The van der Waals surface area contributed by atoms with Gasteiger partial charge in [-0.2, -0.15) is 4.31 Å². The Morgan fingerprint density at radius 1 is 0.933 bits per heavy atom. The van der Waals surface area contributed by atoms with Crippen molar-refractivity contribution in [3.8, 4) is 5.75 Å². The van der Waals surface area contributed by atoms with Crippen LogP contribution in [0.15, 0.2) is 47.6 Å². The Kier molecular flexibility index (Phi) is 6.31. The molecule has 6 nitrogen and oxygen atoms in total. The van der Waals surface area contributed by atoms with Crippen LogP contribution in [0.25, 0.3) is 0 Å². The number of rotatable bonds is 5. The SMILES string of the molecule is O=S(=O)(c1cc(F)ccc1F)N1CCC(N2CCC(Oc3ccncc3)CC2)CC1. The van der Waals surface area contributed by atoms with Crippen LogP contribution in [0.2, 0.25) is 0 Å². The van der Waals surface area contributed by atoms with Crippen molar-refractivity contribution < 1.29 is 21.9 Å². The van der Waals surface area contributed by atoms with Crippen LogP contribution < -0.4 is 4.74 Å². The number of ether oxygens (including phenoxy) is 1. The summed E-state index contributed by atoms with van der Waals surface area (Å²) in [6, 6.07) is 6.52. The molecular weight excluding hydrogens is 412 g/mol. The van der Waals surface area contributed by atoms with Gasteiger partial charge in [-0.15, -0.1) is 0 Å². The zero-order valence-electron chi connectivity index (χ0n) is 16.6. The van der Waals surface area contributed by atoms with E-state index in [4.69, 9.17) is 4.74 Å². The number of likely N-dealkylation sites (tertiary alicyclic amines) is 1. The Bertz CT molecular complexity index is 959. The van der Waals surface area contributed by atoms with Gasteiger partial charge in [-0.1, -0.05) is 0 Å². The molecule has 2 saturated heterocycles. The number of aromatic nitrogens is 1. The minimum Gasteiger partial charge on any atom is -0.490 e. The normalized spacial score (nSPS) is 20.3. The Morgan fingerprint density at radius 2 is 1.60 bits per heavy atom. The van der Waals surface area contributed by atoms with Crippen LogP contribution in [-0.4, -0.2) is 60.9 Å². The average molecular weight is 438 g/mol. The topological polar surface area (TPSA) is 62.7 Å². The van der Waals surface area contributed by atoms with Crippen LogP contribution in [0, 0.1) is 11.6 Å². The van der Waals surface area contributed by atoms with Crippen LogP contribution in [0.5, 0.6) is 5.75 Å². The third-order valence-corrected chi connectivity index (χ3v) is 7.79. The van der Waals surface area contributed by atoms with E-state index in [-0.39, 0.29) is 12.1 Å². The van der Waals surface area contributed by atoms with Gasteiger partial charge in [-0.3, -0.25) is 4.98 Å². The molecule has 2 fully saturated rings. The molecule has 0 saturated carbocycles. The number of benzene rings is 1. The molecule has 162 valence electrons. The first kappa shape index (κ1) is 21.1. The summed E-state index contributed by atoms with van der Waals surface area (Å²) < 4.78 is 60.2. The van der Waals surface area contributed by atoms with Crippen LogP contribution in [0.3, 0.4) is 0 Å². The molecule has 0 atom stereocenters. The van der Waals surface area contributed by atoms with Crippen LogP contribution >= 0.6 is 0 Å². The third-order valence-electron chi connectivity index (χ3n) is 5.88. The summed E-state index contributed by atoms with van der Waals surface area (Å²) in [5.74, 6) is -0.858. The minimum atomic E-state index is -4.04. The van der Waals surface area contributed by atoms with Crippen molar-refractivity contribution in [2.45, 2.75) is 42.7 Å². The molecule has 0 spiro atoms. The van der Waals surface area contributed by atoms with Crippen molar-refractivity contribution in [3.05, 3.63) is 54.4 Å². The van der Waals surface area contributed by atoms with Crippen molar-refractivity contribution in [3.63, 3.8) is 0 Å². The molecule has 0 radical (unpaired) electrons. The second kappa shape index (κ2) is 8.95. The maximum Gasteiger partial charge on any atom is 0.246 e. The average Bonchev–Trinajstić information content (AvgIpc) is 2.77. The van der Waals surface area contributed by atoms with E-state index in [0.717, 1.165) is 49.9 Å². The molecule has 4 rings (SSSR count). The highest BCUT2D eigenvalue weighted by Crippen LogP contribution is 2.27. The van der Waals surface area contributed by atoms with Crippen molar-refractivity contribution in [1.29, 1.82) is 0 Å². The molecular formula is C21H25F2N3O3S. The van der Waals surface area contributed by atoms with Gasteiger partial charge in [-0.25, -0.2) is 17.2 Å². The van der Waals surface area contributed by atoms with Gasteiger partial charge in [0.15, 0.2) is 0 Å². The fourth-order valence-corrected chi connectivity index (χ4v) is 5.78. The monoisotopic (exact) mass is 437 g/mol. The van der Waals surface area contributed by atoms with E-state index in [1.807, 2.05) is 12.1 Å². The van der Waals surface area contributed by atoms with Crippen molar-refractivity contribution in [2.24, 2.45) is 0 Å². The summed E-state index contributed by atoms with van der Waals surface area (Å²) in [5, 5.41) is 0. The number of hydrogen-bond donors (Lipinski definition) is 0. The van der Waals surface area contributed by atoms with Gasteiger partial charge in [0.25, 0.3) is 0 Å². The first-order chi connectivity index (χ1) is 14.4. The fraction of sp³-hybridized carbons (Fsp3) is 0.476. The van der Waals surface area contributed by atoms with E-state index < -0.39 is 26.6 Å². The maximum absolute atomic E-state index is 14.0. The summed E-state index contributed by atoms with van der Waals surface area (Å²) >= 11 is 0. The summed E-state index contributed by atoms with van der Waals surface area (Å²) in [7, 11) is -4.04. The lowest BCUT2D eigenvalue weighted by molar-refractivity contribution is 0.0585. The van der Waals surface area contributed by atoms with Gasteiger partial charge < -0.3 is 9.64 Å². The molecule has 2 aliphatic heterocycles. The van der Waals surface area contributed by atoms with Crippen molar-refractivity contribution in [1.82, 2.24) is 14.2 Å². The van der Waals surface area contributed by atoms with E-state index in [0.29, 0.717) is 25.9 Å². The van der Waals surface area contributed by atoms with E-state index in [1.165, 1.54) is 4.31 Å². The van der Waals surface area contributed by atoms with E-state index in [9.17, 15) is 17.2 Å². The van der Waals surface area contributed by atoms with Gasteiger partial charge in [0, 0.05) is 44.6 Å². The van der Waals surface area contributed by atoms with Gasteiger partial charge in [-0.05, 0) is 56.0 Å². The number of pyridine rings is 1. The Hall–Kier alpha value is -2.10. The smallest absolute Gasteiger partial charge is 0.246 e. The van der Waals surface area contributed by atoms with Gasteiger partial charge in [0.1, 0.15) is 28.4 Å². The first-order valence-electron chi connectivity index (χ1n) is 10.2. The molecule has 1 aromatic heterocycles. The summed E-state index contributed by atoms with van der Waals surface area (Å²) in [5.41, 5.74) is 0. The molecule has 3 heterocycles. The first-order valence-corrected chi connectivity index (χ1v) is 11.6. The van der Waals surface area contributed by atoms with Crippen LogP contribution in [0.1, 0.15) is 25.7 Å². The van der Waals surface area contributed by atoms with Gasteiger partial charge in [0.2, 0.25) is 10.0 Å². The fourth-order valence-electron chi connectivity index (χ4n) is 4.23. The maximum atomic E-state index is 14.0. The standard InChI is InChI=1S/C21H25F2N3O3S/c22-16-1-2-20(23)21(15-16)30(27,28)26-13-5-17(6-14-26)25-11-7-19(8-12-25)29-18-3-9-24-10-4-18/h1-4,9-10,15,17,19H,5-8,11-14H2. The van der Waals surface area contributed by atoms with Crippen LogP contribution in [-0.2, 0) is 10.0 Å². The summed E-state index contributed by atoms with van der Waals surface area (Å²) in [6.07, 6.45) is 6.76. The summed E-state index contributed by atoms with van der Waals surface area (Å²) in [6.45, 7) is 2.39. The lowest BCUT2D eigenvalue weighted by Crippen LogP contribution is -2.50. The Labute approximate surface area is 175 Å². The van der Waals surface area contributed by atoms with Gasteiger partial charge >= 0.3 is 0 Å². The highest BCUT2D eigenvalue weighted by molar-refractivity contribution is 7.89. The summed E-state index contributed by atoms with van der Waals surface area (Å²) in [4.78, 5) is 5.79. The van der Waals surface area contributed by atoms with Gasteiger partial charge in [0.05, 0.1) is 0 Å². The molecule has 0 bridgehead atoms. The molecule has 0 aliphatic carbocycles. The predicted octanol–water partition coefficient (Wildman–Crippen LogP) is 3.06. The zero-order chi connectivity index (χ0) is 21.1. The predicted molar refractivity (Wildman–Crippen MR) is 108 cm³/mol. The number of halogens is 2. The second-order valence-electron chi connectivity index (χ2n) is 7.75. The molecule has 2 aliphatic rings. The minimum absolute atomic E-state index is 0.167. The molecule has 1 aromatic carbocycles. The zero-order valence-corrected chi connectivity index (χ0v) is 17.4. The highest BCUT2D eigenvalue weighted by atomic mass is 32.2. The second-order valence-corrected chi connectivity index (χ2v) is 9.65. The van der Waals surface area contributed by atoms with Crippen molar-refractivity contribution in [2.75, 3.05) is 26.2 Å². The Balaban J connectivity index is 1.30. The van der Waals surface area contributed by atoms with Crippen molar-refractivity contribution >= 4 is 10.0 Å². The van der Waals surface area contributed by atoms with E-state index in [1.54, 1.807) is 12.4 Å². The number of hydrogen-bond acceptors (Lipinski definition) is 5. The Morgan fingerprint density at radius 3 is 2.27 bits per heavy atom. The van der Waals surface area contributed by atoms with E-state index >= 15 is 0 Å². The molecule has 0 unspecified atom stereocenters. The highest BCUT2D eigenvalue weighted by Gasteiger charge is 2.34. The molecule has 0 N–H and O–H groups in total.